The lowest BCUT2D eigenvalue weighted by Gasteiger charge is -2.43. The number of nitrogens with two attached hydrogens (primary N) is 1. The number of amides is 3. The number of fused-ring (bicyclic) bond motifs is 4. The molecule has 5 aliphatic heterocycles. The van der Waals surface area contributed by atoms with Crippen LogP contribution in [0.4, 0.5) is 16.7 Å². The number of ether oxygens (including phenoxy) is 9. The molecule has 0 radical (unpaired) electrons. The van der Waals surface area contributed by atoms with Gasteiger partial charge in [-0.2, -0.15) is 0 Å². The van der Waals surface area contributed by atoms with Crippen molar-refractivity contribution in [1.82, 2.24) is 35.1 Å². The van der Waals surface area contributed by atoms with Gasteiger partial charge in [-0.15, -0.1) is 0 Å². The van der Waals surface area contributed by atoms with Crippen molar-refractivity contribution < 1.29 is 96.6 Å². The number of anilines is 2. The Morgan fingerprint density at radius 1 is 0.755 bits per heavy atom. The second-order valence-corrected chi connectivity index (χ2v) is 29.1. The second kappa shape index (κ2) is 40.8. The molecular formula is C76H114N10O20. The van der Waals surface area contributed by atoms with E-state index < -0.39 is 132 Å². The number of aliphatic hydroxyl groups excluding tert-OH is 2. The third-order valence-corrected chi connectivity index (χ3v) is 21.4. The van der Waals surface area contributed by atoms with E-state index in [0.29, 0.717) is 127 Å². The first-order valence-electron chi connectivity index (χ1n) is 37.6. The molecule has 2 aromatic rings. The smallest absolute Gasteiger partial charge is 0.410 e. The number of piperidine rings is 1. The van der Waals surface area contributed by atoms with Gasteiger partial charge >= 0.3 is 18.0 Å². The summed E-state index contributed by atoms with van der Waals surface area (Å²) in [5.41, 5.74) is 9.99. The Labute approximate surface area is 622 Å². The zero-order valence-corrected chi connectivity index (χ0v) is 63.3. The minimum atomic E-state index is -2.50. The molecule has 17 atom stereocenters. The average molecular weight is 1490 g/mol. The van der Waals surface area contributed by atoms with Crippen molar-refractivity contribution in [2.75, 3.05) is 110 Å². The Balaban J connectivity index is 0.904. The normalized spacial score (nSPS) is 32.1. The van der Waals surface area contributed by atoms with E-state index in [9.17, 15) is 54.0 Å². The van der Waals surface area contributed by atoms with Gasteiger partial charge in [0.25, 0.3) is 17.6 Å². The molecule has 588 valence electrons. The van der Waals surface area contributed by atoms with Crippen LogP contribution in [0.5, 0.6) is 0 Å². The first-order valence-corrected chi connectivity index (χ1v) is 37.6. The number of aromatic nitrogens is 4. The van der Waals surface area contributed by atoms with Crippen molar-refractivity contribution in [3.63, 3.8) is 0 Å². The fraction of sp³-hybridized carbons (Fsp3) is 0.697. The summed E-state index contributed by atoms with van der Waals surface area (Å²) in [5, 5.41) is 48.1. The predicted octanol–water partition coefficient (Wildman–Crippen LogP) is 5.03. The third kappa shape index (κ3) is 22.7. The van der Waals surface area contributed by atoms with Gasteiger partial charge in [-0.25, -0.2) is 34.3 Å². The molecule has 6 aliphatic rings. The van der Waals surface area contributed by atoms with Crippen molar-refractivity contribution in [1.29, 1.82) is 0 Å². The Kier molecular flexibility index (Phi) is 32.5. The van der Waals surface area contributed by atoms with E-state index in [0.717, 1.165) is 5.57 Å². The van der Waals surface area contributed by atoms with Crippen molar-refractivity contribution in [3.8, 4) is 0 Å². The van der Waals surface area contributed by atoms with Crippen LogP contribution >= 0.6 is 0 Å². The van der Waals surface area contributed by atoms with Crippen LogP contribution in [0.1, 0.15) is 147 Å². The fourth-order valence-corrected chi connectivity index (χ4v) is 15.0. The van der Waals surface area contributed by atoms with Crippen molar-refractivity contribution in [2.24, 2.45) is 35.3 Å². The summed E-state index contributed by atoms with van der Waals surface area (Å²) in [7, 11) is 4.59. The zero-order chi connectivity index (χ0) is 76.8. The summed E-state index contributed by atoms with van der Waals surface area (Å²) in [5.74, 6) is -9.16. The molecule has 0 unspecified atom stereocenters. The third-order valence-electron chi connectivity index (χ3n) is 21.4. The van der Waals surface area contributed by atoms with Crippen molar-refractivity contribution in [3.05, 3.63) is 83.0 Å². The molecule has 2 bridgehead atoms. The number of aliphatic hydroxyl groups is 3. The highest BCUT2D eigenvalue weighted by Crippen LogP contribution is 2.38. The Morgan fingerprint density at radius 3 is 2.18 bits per heavy atom. The van der Waals surface area contributed by atoms with E-state index >= 15 is 0 Å². The molecule has 7 N–H and O–H groups in total. The van der Waals surface area contributed by atoms with Crippen molar-refractivity contribution in [2.45, 2.75) is 211 Å². The minimum Gasteiger partial charge on any atom is -0.480 e. The number of carbonyl (C=O) groups excluding carboxylic acids is 6. The van der Waals surface area contributed by atoms with Crippen LogP contribution in [0.15, 0.2) is 66.2 Å². The number of Topliss-reactive ketones (excluding diaryl/α,β-unsaturated/α-hetero) is 2. The van der Waals surface area contributed by atoms with Gasteiger partial charge in [-0.1, -0.05) is 64.2 Å². The van der Waals surface area contributed by atoms with Gasteiger partial charge in [0.05, 0.1) is 81.8 Å². The number of aliphatic carboxylic acids is 1. The highest BCUT2D eigenvalue weighted by molar-refractivity contribution is 6.39. The second-order valence-electron chi connectivity index (χ2n) is 29.1. The number of hydrogen-bond acceptors (Lipinski definition) is 26. The fourth-order valence-electron chi connectivity index (χ4n) is 15.0. The monoisotopic (exact) mass is 1490 g/mol. The molecule has 1 saturated carbocycles. The van der Waals surface area contributed by atoms with Gasteiger partial charge in [-0.3, -0.25) is 19.2 Å². The summed E-state index contributed by atoms with van der Waals surface area (Å²) in [6.45, 7) is 16.5. The van der Waals surface area contributed by atoms with E-state index in [4.69, 9.17) is 53.3 Å². The first kappa shape index (κ1) is 84.4. The predicted molar refractivity (Wildman–Crippen MR) is 389 cm³/mol. The van der Waals surface area contributed by atoms with Crippen LogP contribution in [0.25, 0.3) is 0 Å². The standard InChI is InChI=1S/C76H114N10O20/c1-11-101-31-32-103-34-33-102-30-25-78-69(91)53-41-79-73(80-42-53)86-29-28-83(45-59(86)71(93)94)74-81-43-54-44-84(27-24-57(54)82-74)75(96)105-60-23-21-52(38-64(60)100-10)37-56(77)63-40-62(99-9)48(4)36-50(6)66(88)67(89)65(87)49(5)35-46(2)17-13-12-14-18-47(3)61(98-8)39-55-22-20-51(7)76(97,106-55)68(90)70(92)85-26-16-15-19-58(85)72(95)104-63/h12-14,17-18,36,41-43,46,48-49,51-52,55-56,58-64,66-67,88-89,97H,11,15-16,19-35,37-40,44-45,77H2,1-10H3,(H,78,91)(H,93,94)/b14-12+,17-13+,47-18+,50-36+/t46-,48-,49-,51-,52+,55+,56-,58+,59-,60-,61+,62-,63+,64-,66-,67+,76-/m1/s1. The Morgan fingerprint density at radius 2 is 1.47 bits per heavy atom. The number of allylic oxidation sites excluding steroid dienone is 5. The molecule has 3 amide bonds. The number of carboxylic acids is 1. The average Bonchev–Trinajstić information content (AvgIpc) is 0.762. The number of nitrogens with zero attached hydrogens (tertiary/aromatic N) is 8. The van der Waals surface area contributed by atoms with E-state index in [1.807, 2.05) is 58.1 Å². The molecule has 0 spiro atoms. The van der Waals surface area contributed by atoms with Gasteiger partial charge < -0.3 is 93.7 Å². The summed E-state index contributed by atoms with van der Waals surface area (Å²) in [6.07, 6.45) is 12.3. The maximum absolute atomic E-state index is 14.9. The quantitative estimate of drug-likeness (QED) is 0.0413. The van der Waals surface area contributed by atoms with Gasteiger partial charge in [0, 0.05) is 128 Å². The maximum Gasteiger partial charge on any atom is 0.410 e. The number of cyclic esters (lactones) is 1. The highest BCUT2D eigenvalue weighted by Gasteiger charge is 2.53. The Hall–Kier alpha value is -7.23. The lowest BCUT2D eigenvalue weighted by molar-refractivity contribution is -0.265. The SMILES string of the molecule is CCOCCOCCOCCNC(=O)c1cnc(N2CCN(c3ncc4c(n3)CCN(C(=O)O[C@@H]3CC[C@@H](C[C@@H](N)[C@@H]5C[C@@H](OC)[C@H](C)/C=C(\C)[C@@H](O)[C@@H](O)C(=O)[C@H](C)C[C@H](C)/C=C/C=C/C=C(\C)[C@@H](OC)C[C@@H]6CC[C@@H](C)[C@@](O)(O6)C(=O)C(=O)N6CCCC[C@H]6C(=O)O5)C[C@H]3OC)C4)C[C@@H]2C(=O)O)nc1. The summed E-state index contributed by atoms with van der Waals surface area (Å²) < 4.78 is 53.1. The van der Waals surface area contributed by atoms with E-state index in [-0.39, 0.29) is 88.5 Å². The van der Waals surface area contributed by atoms with Gasteiger partial charge in [0.1, 0.15) is 36.5 Å². The molecule has 3 saturated heterocycles. The number of esters is 1. The highest BCUT2D eigenvalue weighted by atomic mass is 16.6. The summed E-state index contributed by atoms with van der Waals surface area (Å²) in [6, 6.07) is -3.16. The van der Waals surface area contributed by atoms with Crippen LogP contribution in [0.2, 0.25) is 0 Å². The number of hydrogen-bond donors (Lipinski definition) is 6. The van der Waals surface area contributed by atoms with Crippen LogP contribution in [0, 0.1) is 29.6 Å². The number of piperazine rings is 1. The zero-order valence-electron chi connectivity index (χ0n) is 63.3. The van der Waals surface area contributed by atoms with Crippen LogP contribution in [-0.2, 0) is 79.6 Å². The minimum absolute atomic E-state index is 0.0118. The molecule has 2 aromatic heterocycles. The number of ketones is 2. The van der Waals surface area contributed by atoms with E-state index in [1.165, 1.54) is 24.4 Å². The van der Waals surface area contributed by atoms with Gasteiger partial charge in [0.2, 0.25) is 17.7 Å². The van der Waals surface area contributed by atoms with Gasteiger partial charge in [-0.05, 0) is 108 Å². The van der Waals surface area contributed by atoms with E-state index in [1.54, 1.807) is 62.0 Å². The van der Waals surface area contributed by atoms with E-state index in [2.05, 4.69) is 20.3 Å². The number of rotatable bonds is 21. The lowest BCUT2D eigenvalue weighted by atomic mass is 9.80. The van der Waals surface area contributed by atoms with Crippen LogP contribution in [-0.4, -0.2) is 265 Å². The number of methoxy groups -OCH3 is 3. The van der Waals surface area contributed by atoms with Crippen LogP contribution in [0.3, 0.4) is 0 Å². The molecule has 0 aromatic carbocycles. The largest absolute Gasteiger partial charge is 0.480 e. The molecule has 7 heterocycles. The summed E-state index contributed by atoms with van der Waals surface area (Å²) in [4.78, 5) is 122. The lowest BCUT2D eigenvalue weighted by Crippen LogP contribution is -2.61. The molecule has 30 nitrogen and oxygen atoms in total. The summed E-state index contributed by atoms with van der Waals surface area (Å²) >= 11 is 0. The molecule has 106 heavy (non-hydrogen) atoms. The molecule has 4 fully saturated rings. The van der Waals surface area contributed by atoms with Crippen LogP contribution < -0.4 is 20.9 Å². The molecule has 1 aliphatic carbocycles. The number of nitrogens with one attached hydrogen (secondary N) is 1. The molecule has 30 heteroatoms. The molecule has 8 rings (SSSR count). The topological polar surface area (TPSA) is 386 Å². The van der Waals surface area contributed by atoms with Crippen molar-refractivity contribution >= 4 is 53.3 Å². The van der Waals surface area contributed by atoms with Gasteiger partial charge in [0.15, 0.2) is 5.78 Å². The first-order chi connectivity index (χ1) is 50.8. The number of carboxylic acid groups (broad SMARTS) is 1. The molecular weight excluding hydrogens is 1370 g/mol. The number of carbonyl (C=O) groups is 7. The maximum atomic E-state index is 14.9. The Bertz CT molecular complexity index is 3380.